The number of carbonyl (C=O) groups is 1. The number of anilines is 1. The van der Waals surface area contributed by atoms with Crippen molar-refractivity contribution in [2.24, 2.45) is 0 Å². The van der Waals surface area contributed by atoms with Gasteiger partial charge in [-0.1, -0.05) is 12.2 Å². The fourth-order valence-corrected chi connectivity index (χ4v) is 1.42. The summed E-state index contributed by atoms with van der Waals surface area (Å²) in [6, 6.07) is 8.82. The summed E-state index contributed by atoms with van der Waals surface area (Å²) in [5.41, 5.74) is 1.00. The van der Waals surface area contributed by atoms with Crippen LogP contribution in [0.1, 0.15) is 10.4 Å². The van der Waals surface area contributed by atoms with Gasteiger partial charge in [0.05, 0.1) is 5.56 Å². The van der Waals surface area contributed by atoms with Crippen LogP contribution in [0.2, 0.25) is 0 Å². The first-order valence-electron chi connectivity index (χ1n) is 4.91. The molecule has 5 heteroatoms. The lowest BCUT2D eigenvalue weighted by atomic mass is 10.2. The van der Waals surface area contributed by atoms with Crippen LogP contribution in [0.4, 0.5) is 10.1 Å². The van der Waals surface area contributed by atoms with Crippen molar-refractivity contribution in [1.82, 2.24) is 4.98 Å². The van der Waals surface area contributed by atoms with E-state index in [1.807, 2.05) is 0 Å². The second kappa shape index (κ2) is 4.88. The van der Waals surface area contributed by atoms with E-state index < -0.39 is 0 Å². The Bertz CT molecular complexity index is 572. The smallest absolute Gasteiger partial charge is 0.257 e. The van der Waals surface area contributed by atoms with E-state index in [2.05, 4.69) is 10.3 Å². The van der Waals surface area contributed by atoms with Gasteiger partial charge in [-0.15, -0.1) is 0 Å². The highest BCUT2D eigenvalue weighted by Crippen LogP contribution is 2.10. The Balaban J connectivity index is 2.14. The number of hydrogen-bond acceptors (Lipinski definition) is 2. The lowest BCUT2D eigenvalue weighted by molar-refractivity contribution is 0.102. The highest BCUT2D eigenvalue weighted by molar-refractivity contribution is 7.71. The van der Waals surface area contributed by atoms with Crippen LogP contribution in [0, 0.1) is 10.5 Å². The normalized spacial score (nSPS) is 9.94. The molecule has 17 heavy (non-hydrogen) atoms. The first-order chi connectivity index (χ1) is 8.15. The number of nitrogens with one attached hydrogen (secondary N) is 2. The maximum Gasteiger partial charge on any atom is 0.257 e. The molecule has 3 nitrogen and oxygen atoms in total. The first kappa shape index (κ1) is 11.5. The van der Waals surface area contributed by atoms with Crippen molar-refractivity contribution in [3.8, 4) is 0 Å². The molecule has 0 saturated heterocycles. The number of amides is 1. The van der Waals surface area contributed by atoms with Crippen molar-refractivity contribution in [2.75, 3.05) is 5.32 Å². The average molecular weight is 248 g/mol. The lowest BCUT2D eigenvalue weighted by Crippen LogP contribution is -2.11. The van der Waals surface area contributed by atoms with Gasteiger partial charge in [-0.2, -0.15) is 0 Å². The van der Waals surface area contributed by atoms with Crippen molar-refractivity contribution >= 4 is 23.8 Å². The van der Waals surface area contributed by atoms with Gasteiger partial charge in [0.15, 0.2) is 0 Å². The minimum Gasteiger partial charge on any atom is -0.352 e. The summed E-state index contributed by atoms with van der Waals surface area (Å²) in [5.74, 6) is -0.616. The Morgan fingerprint density at radius 3 is 2.47 bits per heavy atom. The first-order valence-corrected chi connectivity index (χ1v) is 5.31. The summed E-state index contributed by atoms with van der Waals surface area (Å²) < 4.78 is 13.2. The van der Waals surface area contributed by atoms with Gasteiger partial charge in [0.2, 0.25) is 0 Å². The van der Waals surface area contributed by atoms with Crippen LogP contribution in [0.25, 0.3) is 0 Å². The highest BCUT2D eigenvalue weighted by Gasteiger charge is 2.05. The van der Waals surface area contributed by atoms with Crippen LogP contribution in [0.5, 0.6) is 0 Å². The molecule has 2 aromatic rings. The standard InChI is InChI=1S/C12H9FN2OS/c13-9-2-4-10(5-3-9)15-12(16)8-1-6-11(17)14-7-8/h1-7H,(H,14,17)(H,15,16). The largest absolute Gasteiger partial charge is 0.352 e. The number of benzene rings is 1. The zero-order valence-corrected chi connectivity index (χ0v) is 9.55. The maximum absolute atomic E-state index is 12.7. The number of aromatic amines is 1. The molecule has 0 aliphatic heterocycles. The molecule has 0 aliphatic rings. The molecule has 1 heterocycles. The van der Waals surface area contributed by atoms with Crippen molar-refractivity contribution in [2.45, 2.75) is 0 Å². The van der Waals surface area contributed by atoms with E-state index in [0.29, 0.717) is 15.9 Å². The van der Waals surface area contributed by atoms with Crippen LogP contribution >= 0.6 is 12.2 Å². The lowest BCUT2D eigenvalue weighted by Gasteiger charge is -2.04. The van der Waals surface area contributed by atoms with E-state index in [1.165, 1.54) is 30.5 Å². The van der Waals surface area contributed by atoms with Crippen LogP contribution < -0.4 is 5.32 Å². The zero-order valence-electron chi connectivity index (χ0n) is 8.74. The number of pyridine rings is 1. The Morgan fingerprint density at radius 1 is 1.18 bits per heavy atom. The molecule has 0 fully saturated rings. The minimum atomic E-state index is -0.341. The zero-order chi connectivity index (χ0) is 12.3. The Kier molecular flexibility index (Phi) is 3.30. The molecule has 0 saturated carbocycles. The van der Waals surface area contributed by atoms with E-state index in [0.717, 1.165) is 0 Å². The van der Waals surface area contributed by atoms with Crippen molar-refractivity contribution in [3.63, 3.8) is 0 Å². The molecule has 0 radical (unpaired) electrons. The van der Waals surface area contributed by atoms with Crippen molar-refractivity contribution < 1.29 is 9.18 Å². The number of hydrogen-bond donors (Lipinski definition) is 2. The molecule has 86 valence electrons. The Morgan fingerprint density at radius 2 is 1.88 bits per heavy atom. The molecule has 0 bridgehead atoms. The predicted octanol–water partition coefficient (Wildman–Crippen LogP) is 3.14. The molecular weight excluding hydrogens is 239 g/mol. The van der Waals surface area contributed by atoms with Gasteiger partial charge in [0, 0.05) is 11.9 Å². The van der Waals surface area contributed by atoms with E-state index in [9.17, 15) is 9.18 Å². The summed E-state index contributed by atoms with van der Waals surface area (Å²) in [6.45, 7) is 0. The number of rotatable bonds is 2. The van der Waals surface area contributed by atoms with Gasteiger partial charge in [-0.25, -0.2) is 4.39 Å². The van der Waals surface area contributed by atoms with Crippen LogP contribution in [0.15, 0.2) is 42.6 Å². The topological polar surface area (TPSA) is 44.9 Å². The number of H-pyrrole nitrogens is 1. The third kappa shape index (κ3) is 2.98. The average Bonchev–Trinajstić information content (AvgIpc) is 2.33. The molecule has 1 aromatic heterocycles. The van der Waals surface area contributed by atoms with Crippen molar-refractivity contribution in [3.05, 3.63) is 58.6 Å². The maximum atomic E-state index is 12.7. The molecule has 2 N–H and O–H groups in total. The van der Waals surface area contributed by atoms with E-state index >= 15 is 0 Å². The highest BCUT2D eigenvalue weighted by atomic mass is 32.1. The predicted molar refractivity (Wildman–Crippen MR) is 66.0 cm³/mol. The van der Waals surface area contributed by atoms with Gasteiger partial charge in [0.25, 0.3) is 5.91 Å². The van der Waals surface area contributed by atoms with Gasteiger partial charge >= 0.3 is 0 Å². The molecule has 0 aliphatic carbocycles. The summed E-state index contributed by atoms with van der Waals surface area (Å²) in [5, 5.41) is 2.65. The van der Waals surface area contributed by atoms with E-state index in [-0.39, 0.29) is 11.7 Å². The summed E-state index contributed by atoms with van der Waals surface area (Å²) in [4.78, 5) is 14.5. The fourth-order valence-electron chi connectivity index (χ4n) is 1.29. The Labute approximate surface area is 102 Å². The molecule has 0 spiro atoms. The Hall–Kier alpha value is -2.01. The molecule has 1 amide bonds. The van der Waals surface area contributed by atoms with Gasteiger partial charge < -0.3 is 10.3 Å². The summed E-state index contributed by atoms with van der Waals surface area (Å²) in [6.07, 6.45) is 1.53. The quantitative estimate of drug-likeness (QED) is 0.802. The number of aromatic nitrogens is 1. The SMILES string of the molecule is O=C(Nc1ccc(F)cc1)c1ccc(=S)[nH]c1. The molecule has 0 atom stereocenters. The molecular formula is C12H9FN2OS. The van der Waals surface area contributed by atoms with Gasteiger partial charge in [-0.3, -0.25) is 4.79 Å². The summed E-state index contributed by atoms with van der Waals surface area (Å²) >= 11 is 4.87. The van der Waals surface area contributed by atoms with E-state index in [4.69, 9.17) is 12.2 Å². The fraction of sp³-hybridized carbons (Fsp3) is 0. The van der Waals surface area contributed by atoms with Crippen LogP contribution in [0.3, 0.4) is 0 Å². The monoisotopic (exact) mass is 248 g/mol. The molecule has 1 aromatic carbocycles. The number of carbonyl (C=O) groups excluding carboxylic acids is 1. The van der Waals surface area contributed by atoms with E-state index in [1.54, 1.807) is 12.1 Å². The van der Waals surface area contributed by atoms with Crippen LogP contribution in [-0.4, -0.2) is 10.9 Å². The third-order valence-corrected chi connectivity index (χ3v) is 2.40. The van der Waals surface area contributed by atoms with Crippen molar-refractivity contribution in [1.29, 1.82) is 0 Å². The molecule has 2 rings (SSSR count). The van der Waals surface area contributed by atoms with Gasteiger partial charge in [-0.05, 0) is 36.4 Å². The third-order valence-electron chi connectivity index (χ3n) is 2.15. The van der Waals surface area contributed by atoms with Crippen LogP contribution in [-0.2, 0) is 0 Å². The minimum absolute atomic E-state index is 0.275. The summed E-state index contributed by atoms with van der Waals surface area (Å²) in [7, 11) is 0. The second-order valence-electron chi connectivity index (χ2n) is 3.40. The second-order valence-corrected chi connectivity index (χ2v) is 3.84. The van der Waals surface area contributed by atoms with Gasteiger partial charge in [0.1, 0.15) is 10.5 Å². The molecule has 0 unspecified atom stereocenters. The number of halogens is 1.